The minimum absolute atomic E-state index is 0.0569. The molecule has 0 fully saturated rings. The lowest BCUT2D eigenvalue weighted by molar-refractivity contribution is -0.188. The number of aliphatic carboxylic acids is 1. The number of nitrogens with zero attached hydrogens (tertiary/aromatic N) is 4. The molecule has 0 saturated carbocycles. The van der Waals surface area contributed by atoms with E-state index in [4.69, 9.17) is 4.74 Å². The molecule has 0 aliphatic heterocycles. The van der Waals surface area contributed by atoms with Crippen LogP contribution in [0.5, 0.6) is 0 Å². The fourth-order valence-corrected chi connectivity index (χ4v) is 1.50. The highest BCUT2D eigenvalue weighted by Crippen LogP contribution is 2.30. The third-order valence-corrected chi connectivity index (χ3v) is 3.18. The number of carboxylic acids is 1. The smallest absolute Gasteiger partial charge is 0.343 e. The van der Waals surface area contributed by atoms with Crippen molar-refractivity contribution in [3.8, 4) is 0 Å². The van der Waals surface area contributed by atoms with Crippen LogP contribution < -0.4 is 0 Å². The van der Waals surface area contributed by atoms with Crippen LogP contribution in [-0.2, 0) is 20.7 Å². The Hall–Kier alpha value is -1.50. The summed E-state index contributed by atoms with van der Waals surface area (Å²) in [4.78, 5) is 13.0. The minimum Gasteiger partial charge on any atom is -0.479 e. The van der Waals surface area contributed by atoms with Gasteiger partial charge in [-0.15, -0.1) is 10.2 Å². The molecule has 7 heteroatoms. The van der Waals surface area contributed by atoms with Gasteiger partial charge in [0.05, 0.1) is 11.1 Å². The number of tetrazole rings is 1. The van der Waals surface area contributed by atoms with Gasteiger partial charge in [0.2, 0.25) is 11.4 Å². The van der Waals surface area contributed by atoms with Gasteiger partial charge in [-0.05, 0) is 53.2 Å². The molecule has 0 spiro atoms. The molecule has 0 bridgehead atoms. The van der Waals surface area contributed by atoms with Crippen molar-refractivity contribution in [2.24, 2.45) is 0 Å². The zero-order valence-electron chi connectivity index (χ0n) is 13.3. The number of aromatic nitrogens is 4. The second-order valence-electron chi connectivity index (χ2n) is 6.63. The average Bonchev–Trinajstić information content (AvgIpc) is 2.77. The first-order valence-corrected chi connectivity index (χ1v) is 6.67. The van der Waals surface area contributed by atoms with Crippen molar-refractivity contribution in [3.63, 3.8) is 0 Å². The van der Waals surface area contributed by atoms with Crippen LogP contribution in [0.25, 0.3) is 0 Å². The Morgan fingerprint density at radius 3 is 2.15 bits per heavy atom. The van der Waals surface area contributed by atoms with Crippen LogP contribution in [0.3, 0.4) is 0 Å². The molecule has 1 rings (SSSR count). The summed E-state index contributed by atoms with van der Waals surface area (Å²) in [5.74, 6) is -1.08. The van der Waals surface area contributed by atoms with Gasteiger partial charge in [0.1, 0.15) is 0 Å². The van der Waals surface area contributed by atoms with Gasteiger partial charge in [0.15, 0.2) is 0 Å². The van der Waals surface area contributed by atoms with Crippen LogP contribution in [0.2, 0.25) is 0 Å². The molecule has 1 N–H and O–H groups in total. The van der Waals surface area contributed by atoms with Gasteiger partial charge >= 0.3 is 5.97 Å². The van der Waals surface area contributed by atoms with Gasteiger partial charge in [0.25, 0.3) is 0 Å². The summed E-state index contributed by atoms with van der Waals surface area (Å²) in [6, 6.07) is 0. The first kappa shape index (κ1) is 16.6. The van der Waals surface area contributed by atoms with Crippen molar-refractivity contribution in [1.82, 2.24) is 20.2 Å². The second kappa shape index (κ2) is 5.12. The Morgan fingerprint density at radius 2 is 1.80 bits per heavy atom. The van der Waals surface area contributed by atoms with E-state index in [1.807, 2.05) is 41.5 Å². The maximum atomic E-state index is 11.6. The van der Waals surface area contributed by atoms with Crippen LogP contribution in [0.1, 0.15) is 60.7 Å². The molecule has 1 aromatic rings. The lowest BCUT2D eigenvalue weighted by Gasteiger charge is -2.32. The minimum atomic E-state index is -1.62. The van der Waals surface area contributed by atoms with Gasteiger partial charge in [-0.2, -0.15) is 4.80 Å². The molecule has 0 saturated heterocycles. The van der Waals surface area contributed by atoms with E-state index in [0.29, 0.717) is 6.42 Å². The Bertz CT molecular complexity index is 490. The number of rotatable bonds is 5. The van der Waals surface area contributed by atoms with Crippen molar-refractivity contribution in [2.45, 2.75) is 71.6 Å². The van der Waals surface area contributed by atoms with E-state index in [1.54, 1.807) is 0 Å². The van der Waals surface area contributed by atoms with Gasteiger partial charge in [-0.25, -0.2) is 4.79 Å². The Labute approximate surface area is 119 Å². The van der Waals surface area contributed by atoms with E-state index < -0.39 is 17.2 Å². The van der Waals surface area contributed by atoms with Crippen molar-refractivity contribution < 1.29 is 14.6 Å². The summed E-state index contributed by atoms with van der Waals surface area (Å²) < 4.78 is 5.77. The van der Waals surface area contributed by atoms with Crippen LogP contribution in [0.15, 0.2) is 0 Å². The molecule has 1 heterocycles. The molecule has 0 amide bonds. The van der Waals surface area contributed by atoms with Crippen molar-refractivity contribution in [3.05, 3.63) is 5.82 Å². The molecule has 20 heavy (non-hydrogen) atoms. The van der Waals surface area contributed by atoms with E-state index in [0.717, 1.165) is 0 Å². The van der Waals surface area contributed by atoms with E-state index >= 15 is 0 Å². The molecule has 1 unspecified atom stereocenters. The molecule has 0 aromatic carbocycles. The topological polar surface area (TPSA) is 90.1 Å². The van der Waals surface area contributed by atoms with Gasteiger partial charge in [-0.1, -0.05) is 6.92 Å². The lowest BCUT2D eigenvalue weighted by atomic mass is 10.0. The van der Waals surface area contributed by atoms with Crippen LogP contribution in [-0.4, -0.2) is 36.9 Å². The summed E-state index contributed by atoms with van der Waals surface area (Å²) in [7, 11) is 0. The van der Waals surface area contributed by atoms with Gasteiger partial charge < -0.3 is 9.84 Å². The molecule has 1 atom stereocenters. The molecule has 114 valence electrons. The second-order valence-corrected chi connectivity index (χ2v) is 6.63. The first-order chi connectivity index (χ1) is 8.92. The molecule has 1 aromatic heterocycles. The number of carbonyl (C=O) groups is 1. The van der Waals surface area contributed by atoms with E-state index in [9.17, 15) is 9.90 Å². The van der Waals surface area contributed by atoms with Crippen LogP contribution in [0.4, 0.5) is 0 Å². The number of hydrogen-bond acceptors (Lipinski definition) is 5. The zero-order chi connectivity index (χ0) is 15.8. The number of carboxylic acid groups (broad SMARTS) is 1. The molecule has 0 aliphatic rings. The maximum Gasteiger partial charge on any atom is 0.343 e. The van der Waals surface area contributed by atoms with Crippen molar-refractivity contribution in [2.75, 3.05) is 0 Å². The molecule has 7 nitrogen and oxygen atoms in total. The fourth-order valence-electron chi connectivity index (χ4n) is 1.50. The molecular formula is C13H24N4O3. The maximum absolute atomic E-state index is 11.6. The standard InChI is InChI=1S/C13H24N4O3/c1-8-12(5,6)20-13(7,10(18)19)9-14-16-17(15-9)11(2,3)4/h8H2,1-7H3,(H,18,19). The normalized spacial score (nSPS) is 15.9. The molecule has 0 aliphatic carbocycles. The summed E-state index contributed by atoms with van der Waals surface area (Å²) in [5.41, 5.74) is -2.59. The lowest BCUT2D eigenvalue weighted by Crippen LogP contribution is -2.44. The predicted molar refractivity (Wildman–Crippen MR) is 73.3 cm³/mol. The summed E-state index contributed by atoms with van der Waals surface area (Å²) in [6.45, 7) is 12.8. The van der Waals surface area contributed by atoms with E-state index in [-0.39, 0.29) is 11.4 Å². The largest absolute Gasteiger partial charge is 0.479 e. The van der Waals surface area contributed by atoms with Crippen molar-refractivity contribution in [1.29, 1.82) is 0 Å². The Balaban J connectivity index is 3.21. The van der Waals surface area contributed by atoms with E-state index in [2.05, 4.69) is 15.4 Å². The average molecular weight is 284 g/mol. The van der Waals surface area contributed by atoms with Gasteiger partial charge in [0, 0.05) is 0 Å². The van der Waals surface area contributed by atoms with Crippen LogP contribution >= 0.6 is 0 Å². The SMILES string of the molecule is CCC(C)(C)OC(C)(C(=O)O)c1nnn(C(C)(C)C)n1. The molecule has 0 radical (unpaired) electrons. The monoisotopic (exact) mass is 284 g/mol. The summed E-state index contributed by atoms with van der Waals surface area (Å²) in [6.07, 6.45) is 0.670. The summed E-state index contributed by atoms with van der Waals surface area (Å²) in [5, 5.41) is 21.5. The summed E-state index contributed by atoms with van der Waals surface area (Å²) >= 11 is 0. The number of hydrogen-bond donors (Lipinski definition) is 1. The highest BCUT2D eigenvalue weighted by molar-refractivity contribution is 5.77. The van der Waals surface area contributed by atoms with Gasteiger partial charge in [-0.3, -0.25) is 0 Å². The molecular weight excluding hydrogens is 260 g/mol. The predicted octanol–water partition coefficient (Wildman–Crippen LogP) is 1.93. The van der Waals surface area contributed by atoms with Crippen molar-refractivity contribution >= 4 is 5.97 Å². The third-order valence-electron chi connectivity index (χ3n) is 3.18. The van der Waals surface area contributed by atoms with E-state index in [1.165, 1.54) is 11.7 Å². The fraction of sp³-hybridized carbons (Fsp3) is 0.846. The zero-order valence-corrected chi connectivity index (χ0v) is 13.3. The Morgan fingerprint density at radius 1 is 1.25 bits per heavy atom. The third kappa shape index (κ3) is 3.33. The number of ether oxygens (including phenoxy) is 1. The highest BCUT2D eigenvalue weighted by Gasteiger charge is 2.45. The first-order valence-electron chi connectivity index (χ1n) is 6.67. The van der Waals surface area contributed by atoms with Crippen LogP contribution in [0, 0.1) is 0 Å². The quantitative estimate of drug-likeness (QED) is 0.888. The Kier molecular flexibility index (Phi) is 4.24. The highest BCUT2D eigenvalue weighted by atomic mass is 16.5.